The molecule has 0 fully saturated rings. The second-order valence-corrected chi connectivity index (χ2v) is 5.33. The summed E-state index contributed by atoms with van der Waals surface area (Å²) in [5, 5.41) is 21.5. The smallest absolute Gasteiger partial charge is 0.192 e. The van der Waals surface area contributed by atoms with Crippen molar-refractivity contribution in [3.63, 3.8) is 0 Å². The third-order valence-corrected chi connectivity index (χ3v) is 3.53. The molecule has 0 bridgehead atoms. The molecule has 102 valence electrons. The first-order chi connectivity index (χ1) is 10.3. The summed E-state index contributed by atoms with van der Waals surface area (Å²) >= 11 is 3.39. The molecule has 6 heteroatoms. The van der Waals surface area contributed by atoms with Crippen molar-refractivity contribution >= 4 is 15.9 Å². The van der Waals surface area contributed by atoms with E-state index in [0.717, 1.165) is 15.6 Å². The lowest BCUT2D eigenvalue weighted by molar-refractivity contribution is 0.572. The fourth-order valence-electron chi connectivity index (χ4n) is 1.94. The summed E-state index contributed by atoms with van der Waals surface area (Å²) in [4.78, 5) is 1.49. The molecule has 3 rings (SSSR count). The van der Waals surface area contributed by atoms with Crippen molar-refractivity contribution < 1.29 is 0 Å². The zero-order valence-electron chi connectivity index (χ0n) is 10.9. The van der Waals surface area contributed by atoms with Crippen LogP contribution in [0.4, 0.5) is 0 Å². The minimum atomic E-state index is 0.424. The highest BCUT2D eigenvalue weighted by Crippen LogP contribution is 2.17. The minimum absolute atomic E-state index is 0.424. The lowest BCUT2D eigenvalue weighted by Gasteiger charge is -2.01. The number of nitrogens with zero attached hydrogens (tertiary/aromatic N) is 5. The Labute approximate surface area is 130 Å². The first-order valence-electron chi connectivity index (χ1n) is 6.28. The predicted octanol–water partition coefficient (Wildman–Crippen LogP) is 3.02. The fourth-order valence-corrected chi connectivity index (χ4v) is 2.21. The van der Waals surface area contributed by atoms with Gasteiger partial charge in [0.15, 0.2) is 0 Å². The molecule has 1 heterocycles. The summed E-state index contributed by atoms with van der Waals surface area (Å²) in [7, 11) is 0. The van der Waals surface area contributed by atoms with E-state index >= 15 is 0 Å². The Morgan fingerprint density at radius 3 is 2.62 bits per heavy atom. The molecule has 0 radical (unpaired) electrons. The summed E-state index contributed by atoms with van der Waals surface area (Å²) in [6.45, 7) is 0.424. The van der Waals surface area contributed by atoms with Crippen LogP contribution in [-0.4, -0.2) is 20.2 Å². The molecule has 0 N–H and O–H groups in total. The number of nitriles is 1. The quantitative estimate of drug-likeness (QED) is 0.735. The van der Waals surface area contributed by atoms with Crippen LogP contribution < -0.4 is 0 Å². The minimum Gasteiger partial charge on any atom is -0.192 e. The van der Waals surface area contributed by atoms with Gasteiger partial charge in [-0.2, -0.15) is 10.1 Å². The molecule has 0 aliphatic carbocycles. The maximum Gasteiger partial charge on any atom is 0.204 e. The lowest BCUT2D eigenvalue weighted by Crippen LogP contribution is -2.05. The summed E-state index contributed by atoms with van der Waals surface area (Å²) in [5.74, 6) is 0.567. The zero-order valence-corrected chi connectivity index (χ0v) is 12.5. The van der Waals surface area contributed by atoms with E-state index in [2.05, 4.69) is 37.4 Å². The van der Waals surface area contributed by atoms with Crippen molar-refractivity contribution in [3.05, 3.63) is 64.1 Å². The van der Waals surface area contributed by atoms with Crippen LogP contribution in [-0.2, 0) is 6.54 Å². The average molecular weight is 340 g/mol. The molecule has 0 saturated carbocycles. The van der Waals surface area contributed by atoms with Gasteiger partial charge in [0.1, 0.15) is 0 Å². The first-order valence-corrected chi connectivity index (χ1v) is 7.07. The van der Waals surface area contributed by atoms with Gasteiger partial charge in [-0.15, -0.1) is 10.2 Å². The highest BCUT2D eigenvalue weighted by Gasteiger charge is 2.08. The van der Waals surface area contributed by atoms with Crippen LogP contribution >= 0.6 is 15.9 Å². The van der Waals surface area contributed by atoms with E-state index in [1.54, 1.807) is 6.07 Å². The van der Waals surface area contributed by atoms with E-state index in [9.17, 15) is 0 Å². The van der Waals surface area contributed by atoms with Crippen LogP contribution in [0.3, 0.4) is 0 Å². The molecule has 0 unspecified atom stereocenters. The number of aromatic nitrogens is 4. The molecule has 0 aliphatic heterocycles. The number of tetrazole rings is 1. The van der Waals surface area contributed by atoms with E-state index in [4.69, 9.17) is 5.26 Å². The van der Waals surface area contributed by atoms with Gasteiger partial charge in [0.2, 0.25) is 5.82 Å². The number of rotatable bonds is 3. The van der Waals surface area contributed by atoms with E-state index in [-0.39, 0.29) is 0 Å². The van der Waals surface area contributed by atoms with Gasteiger partial charge in [-0.3, -0.25) is 0 Å². The summed E-state index contributed by atoms with van der Waals surface area (Å²) in [6.07, 6.45) is 0. The number of benzene rings is 2. The Kier molecular flexibility index (Phi) is 3.75. The fraction of sp³-hybridized carbons (Fsp3) is 0.0667. The van der Waals surface area contributed by atoms with Crippen molar-refractivity contribution in [1.82, 2.24) is 20.2 Å². The molecule has 3 aromatic rings. The van der Waals surface area contributed by atoms with Gasteiger partial charge in [0.05, 0.1) is 18.2 Å². The van der Waals surface area contributed by atoms with E-state index in [1.165, 1.54) is 4.80 Å². The largest absolute Gasteiger partial charge is 0.204 e. The zero-order chi connectivity index (χ0) is 14.7. The van der Waals surface area contributed by atoms with Gasteiger partial charge in [-0.25, -0.2) is 0 Å². The highest BCUT2D eigenvalue weighted by molar-refractivity contribution is 9.10. The van der Waals surface area contributed by atoms with Crippen LogP contribution in [0.1, 0.15) is 11.1 Å². The Morgan fingerprint density at radius 2 is 1.86 bits per heavy atom. The molecule has 0 atom stereocenters. The average Bonchev–Trinajstić information content (AvgIpc) is 2.97. The van der Waals surface area contributed by atoms with Gasteiger partial charge >= 0.3 is 0 Å². The van der Waals surface area contributed by atoms with Crippen LogP contribution in [0.5, 0.6) is 0 Å². The number of halogens is 1. The van der Waals surface area contributed by atoms with Crippen molar-refractivity contribution in [2.75, 3.05) is 0 Å². The van der Waals surface area contributed by atoms with Crippen molar-refractivity contribution in [1.29, 1.82) is 5.26 Å². The van der Waals surface area contributed by atoms with Gasteiger partial charge in [-0.05, 0) is 41.1 Å². The van der Waals surface area contributed by atoms with Gasteiger partial charge < -0.3 is 0 Å². The molecular weight excluding hydrogens is 330 g/mol. The number of hydrogen-bond donors (Lipinski definition) is 0. The third-order valence-electron chi connectivity index (χ3n) is 3.00. The summed E-state index contributed by atoms with van der Waals surface area (Å²) in [6, 6.07) is 17.3. The standard InChI is InChI=1S/C15H10BrN5/c16-14-7-5-11(6-8-14)15-18-20-21(19-15)10-13-4-2-1-3-12(13)9-17/h1-8H,10H2. The van der Waals surface area contributed by atoms with Crippen molar-refractivity contribution in [3.8, 4) is 17.5 Å². The third kappa shape index (κ3) is 2.98. The molecule has 0 saturated heterocycles. The van der Waals surface area contributed by atoms with Crippen LogP contribution in [0.25, 0.3) is 11.4 Å². The predicted molar refractivity (Wildman–Crippen MR) is 81.2 cm³/mol. The topological polar surface area (TPSA) is 67.4 Å². The second-order valence-electron chi connectivity index (χ2n) is 4.42. The molecule has 2 aromatic carbocycles. The maximum absolute atomic E-state index is 9.09. The van der Waals surface area contributed by atoms with Gasteiger partial charge in [-0.1, -0.05) is 34.1 Å². The summed E-state index contributed by atoms with van der Waals surface area (Å²) in [5.41, 5.74) is 2.40. The molecule has 0 amide bonds. The Balaban J connectivity index is 1.86. The normalized spacial score (nSPS) is 10.3. The van der Waals surface area contributed by atoms with E-state index < -0.39 is 0 Å². The van der Waals surface area contributed by atoms with E-state index in [1.807, 2.05) is 42.5 Å². The highest BCUT2D eigenvalue weighted by atomic mass is 79.9. The Bertz CT molecular complexity index is 801. The monoisotopic (exact) mass is 339 g/mol. The van der Waals surface area contributed by atoms with Gasteiger partial charge in [0.25, 0.3) is 0 Å². The molecule has 0 aliphatic rings. The van der Waals surface area contributed by atoms with Crippen LogP contribution in [0.2, 0.25) is 0 Å². The van der Waals surface area contributed by atoms with Gasteiger partial charge in [0, 0.05) is 10.0 Å². The Morgan fingerprint density at radius 1 is 1.10 bits per heavy atom. The van der Waals surface area contributed by atoms with Crippen molar-refractivity contribution in [2.45, 2.75) is 6.54 Å². The molecular formula is C15H10BrN5. The van der Waals surface area contributed by atoms with E-state index in [0.29, 0.717) is 17.9 Å². The SMILES string of the molecule is N#Cc1ccccc1Cn1nnc(-c2ccc(Br)cc2)n1. The lowest BCUT2D eigenvalue weighted by atomic mass is 10.1. The van der Waals surface area contributed by atoms with Crippen LogP contribution in [0, 0.1) is 11.3 Å². The summed E-state index contributed by atoms with van der Waals surface area (Å²) < 4.78 is 1.00. The first kappa shape index (κ1) is 13.5. The maximum atomic E-state index is 9.09. The van der Waals surface area contributed by atoms with Crippen LogP contribution in [0.15, 0.2) is 53.0 Å². The molecule has 5 nitrogen and oxygen atoms in total. The molecule has 1 aromatic heterocycles. The Hall–Kier alpha value is -2.52. The van der Waals surface area contributed by atoms with Crippen molar-refractivity contribution in [2.24, 2.45) is 0 Å². The molecule has 0 spiro atoms. The number of hydrogen-bond acceptors (Lipinski definition) is 4. The second kappa shape index (κ2) is 5.85. The molecule has 21 heavy (non-hydrogen) atoms.